The summed E-state index contributed by atoms with van der Waals surface area (Å²) < 4.78 is 5.58. The molecular formula is C22H27N4O3+. The fourth-order valence-corrected chi connectivity index (χ4v) is 3.55. The van der Waals surface area contributed by atoms with Gasteiger partial charge in [0.15, 0.2) is 13.1 Å². The highest BCUT2D eigenvalue weighted by atomic mass is 16.3. The topological polar surface area (TPSA) is 79.3 Å². The molecule has 0 bridgehead atoms. The van der Waals surface area contributed by atoms with Gasteiger partial charge in [0.1, 0.15) is 11.8 Å². The van der Waals surface area contributed by atoms with Crippen LogP contribution in [0.2, 0.25) is 0 Å². The van der Waals surface area contributed by atoms with Crippen LogP contribution in [0.15, 0.2) is 52.2 Å². The van der Waals surface area contributed by atoms with E-state index in [1.54, 1.807) is 6.26 Å². The van der Waals surface area contributed by atoms with Gasteiger partial charge in [-0.05, 0) is 37.5 Å². The number of nitrogens with one attached hydrogen (secondary N) is 2. The number of amides is 2. The van der Waals surface area contributed by atoms with Crippen LogP contribution < -0.4 is 10.2 Å². The lowest BCUT2D eigenvalue weighted by atomic mass is 10.0. The van der Waals surface area contributed by atoms with Gasteiger partial charge >= 0.3 is 0 Å². The third kappa shape index (κ3) is 4.74. The molecule has 1 aromatic heterocycles. The van der Waals surface area contributed by atoms with Gasteiger partial charge in [0.2, 0.25) is 0 Å². The summed E-state index contributed by atoms with van der Waals surface area (Å²) in [4.78, 5) is 25.9. The average Bonchev–Trinajstić information content (AvgIpc) is 3.17. The lowest BCUT2D eigenvalue weighted by molar-refractivity contribution is -0.863. The minimum absolute atomic E-state index is 0.00866. The predicted octanol–water partition coefficient (Wildman–Crippen LogP) is 1.06. The predicted molar refractivity (Wildman–Crippen MR) is 108 cm³/mol. The number of nitrogens with zero attached hydrogens (tertiary/aromatic N) is 2. The summed E-state index contributed by atoms with van der Waals surface area (Å²) in [5.41, 5.74) is 3.05. The molecule has 7 heteroatoms. The van der Waals surface area contributed by atoms with Gasteiger partial charge in [-0.2, -0.15) is 5.10 Å². The molecule has 1 saturated carbocycles. The number of aryl methyl sites for hydroxylation is 1. The minimum Gasteiger partial charge on any atom is -0.467 e. The Labute approximate surface area is 170 Å². The molecule has 0 radical (unpaired) electrons. The van der Waals surface area contributed by atoms with Gasteiger partial charge in [-0.3, -0.25) is 9.59 Å². The standard InChI is InChI=1S/C22H26N4O3/c1-15-5-7-16(8-6-15)18-12-19(20-4-3-11-29-20)26(24-18)22(28)14-25(2)13-21(27)23-17-9-10-17/h3-8,11,17,19H,9-10,12-14H2,1-2H3,(H,23,27)/p+1/t19-/m0/s1. The second-order valence-corrected chi connectivity index (χ2v) is 8.04. The van der Waals surface area contributed by atoms with Crippen LogP contribution in [-0.4, -0.2) is 48.7 Å². The van der Waals surface area contributed by atoms with Gasteiger partial charge in [0, 0.05) is 12.5 Å². The first-order valence-electron chi connectivity index (χ1n) is 10.1. The number of hydrogen-bond donors (Lipinski definition) is 2. The van der Waals surface area contributed by atoms with Crippen molar-refractivity contribution in [3.8, 4) is 0 Å². The smallest absolute Gasteiger partial charge is 0.298 e. The SMILES string of the molecule is Cc1ccc(C2=NN(C(=O)C[NH+](C)CC(=O)NC3CC3)[C@H](c3ccco3)C2)cc1. The summed E-state index contributed by atoms with van der Waals surface area (Å²) in [5, 5.41) is 9.13. The maximum absolute atomic E-state index is 13.0. The van der Waals surface area contributed by atoms with Crippen LogP contribution in [0.3, 0.4) is 0 Å². The summed E-state index contributed by atoms with van der Waals surface area (Å²) in [5.74, 6) is 0.587. The molecule has 2 heterocycles. The van der Waals surface area contributed by atoms with E-state index in [-0.39, 0.29) is 30.9 Å². The monoisotopic (exact) mass is 395 g/mol. The first-order valence-corrected chi connectivity index (χ1v) is 10.1. The Balaban J connectivity index is 1.47. The van der Waals surface area contributed by atoms with Crippen LogP contribution in [0.5, 0.6) is 0 Å². The zero-order chi connectivity index (χ0) is 20.4. The lowest BCUT2D eigenvalue weighted by Crippen LogP contribution is -3.11. The Hall–Kier alpha value is -2.93. The van der Waals surface area contributed by atoms with E-state index in [9.17, 15) is 9.59 Å². The maximum atomic E-state index is 13.0. The van der Waals surface area contributed by atoms with E-state index in [1.807, 2.05) is 50.4 Å². The summed E-state index contributed by atoms with van der Waals surface area (Å²) in [7, 11) is 1.85. The number of hydrazone groups is 1. The van der Waals surface area contributed by atoms with Gasteiger partial charge in [-0.15, -0.1) is 0 Å². The number of hydrogen-bond acceptors (Lipinski definition) is 4. The molecule has 1 fully saturated rings. The minimum atomic E-state index is -0.262. The van der Waals surface area contributed by atoms with Crippen molar-refractivity contribution < 1.29 is 18.9 Å². The highest BCUT2D eigenvalue weighted by Crippen LogP contribution is 2.32. The molecule has 4 rings (SSSR count). The van der Waals surface area contributed by atoms with E-state index < -0.39 is 0 Å². The van der Waals surface area contributed by atoms with Crippen LogP contribution >= 0.6 is 0 Å². The van der Waals surface area contributed by atoms with E-state index >= 15 is 0 Å². The van der Waals surface area contributed by atoms with Gasteiger partial charge in [0.05, 0.1) is 19.0 Å². The third-order valence-corrected chi connectivity index (χ3v) is 5.28. The molecule has 2 aromatic rings. The number of benzene rings is 1. The van der Waals surface area contributed by atoms with Crippen molar-refractivity contribution in [1.82, 2.24) is 10.3 Å². The van der Waals surface area contributed by atoms with Crippen molar-refractivity contribution >= 4 is 17.5 Å². The molecule has 1 aliphatic carbocycles. The highest BCUT2D eigenvalue weighted by molar-refractivity contribution is 6.03. The van der Waals surface area contributed by atoms with E-state index in [1.165, 1.54) is 10.6 Å². The Morgan fingerprint density at radius 2 is 1.97 bits per heavy atom. The van der Waals surface area contributed by atoms with Crippen molar-refractivity contribution in [3.05, 3.63) is 59.5 Å². The molecule has 2 aliphatic rings. The van der Waals surface area contributed by atoms with Crippen LogP contribution in [0, 0.1) is 6.92 Å². The van der Waals surface area contributed by atoms with Crippen molar-refractivity contribution in [2.45, 2.75) is 38.3 Å². The molecule has 0 saturated heterocycles. The number of quaternary nitrogens is 1. The zero-order valence-electron chi connectivity index (χ0n) is 16.9. The lowest BCUT2D eigenvalue weighted by Gasteiger charge is -2.21. The van der Waals surface area contributed by atoms with Gasteiger partial charge in [-0.1, -0.05) is 29.8 Å². The van der Waals surface area contributed by atoms with Crippen LogP contribution in [0.1, 0.15) is 42.2 Å². The third-order valence-electron chi connectivity index (χ3n) is 5.28. The van der Waals surface area contributed by atoms with E-state index in [2.05, 4.69) is 10.4 Å². The molecule has 1 aromatic carbocycles. The van der Waals surface area contributed by atoms with E-state index in [0.717, 1.165) is 29.0 Å². The molecule has 0 spiro atoms. The van der Waals surface area contributed by atoms with Crippen molar-refractivity contribution in [3.63, 3.8) is 0 Å². The highest BCUT2D eigenvalue weighted by Gasteiger charge is 2.36. The van der Waals surface area contributed by atoms with E-state index in [0.29, 0.717) is 18.2 Å². The Kier molecular flexibility index (Phi) is 5.49. The maximum Gasteiger partial charge on any atom is 0.298 e. The first-order chi connectivity index (χ1) is 14.0. The normalized spacial score (nSPS) is 19.7. The zero-order valence-corrected chi connectivity index (χ0v) is 16.9. The fraction of sp³-hybridized carbons (Fsp3) is 0.409. The van der Waals surface area contributed by atoms with Crippen molar-refractivity contribution in [1.29, 1.82) is 0 Å². The fourth-order valence-electron chi connectivity index (χ4n) is 3.55. The van der Waals surface area contributed by atoms with Crippen LogP contribution in [0.4, 0.5) is 0 Å². The van der Waals surface area contributed by atoms with Gasteiger partial charge in [-0.25, -0.2) is 5.01 Å². The molecule has 1 aliphatic heterocycles. The summed E-state index contributed by atoms with van der Waals surface area (Å²) in [6.07, 6.45) is 4.32. The summed E-state index contributed by atoms with van der Waals surface area (Å²) >= 11 is 0. The van der Waals surface area contributed by atoms with Crippen molar-refractivity contribution in [2.75, 3.05) is 20.1 Å². The van der Waals surface area contributed by atoms with Crippen LogP contribution in [-0.2, 0) is 9.59 Å². The Bertz CT molecular complexity index is 901. The summed E-state index contributed by atoms with van der Waals surface area (Å²) in [6.45, 7) is 2.51. The molecule has 152 valence electrons. The molecule has 1 unspecified atom stereocenters. The molecular weight excluding hydrogens is 368 g/mol. The largest absolute Gasteiger partial charge is 0.467 e. The van der Waals surface area contributed by atoms with Gasteiger partial charge in [0.25, 0.3) is 11.8 Å². The Morgan fingerprint density at radius 1 is 1.21 bits per heavy atom. The molecule has 2 amide bonds. The molecule has 29 heavy (non-hydrogen) atoms. The number of rotatable bonds is 7. The molecule has 2 atom stereocenters. The molecule has 2 N–H and O–H groups in total. The van der Waals surface area contributed by atoms with E-state index in [4.69, 9.17) is 4.42 Å². The second kappa shape index (κ2) is 8.21. The van der Waals surface area contributed by atoms with Crippen LogP contribution in [0.25, 0.3) is 0 Å². The quantitative estimate of drug-likeness (QED) is 0.736. The number of likely N-dealkylation sites (N-methyl/N-ethyl adjacent to an activating group) is 1. The molecule has 7 nitrogen and oxygen atoms in total. The van der Waals surface area contributed by atoms with Crippen molar-refractivity contribution in [2.24, 2.45) is 5.10 Å². The van der Waals surface area contributed by atoms with Gasteiger partial charge < -0.3 is 14.6 Å². The summed E-state index contributed by atoms with van der Waals surface area (Å²) in [6, 6.07) is 11.9. The number of carbonyl (C=O) groups excluding carboxylic acids is 2. The second-order valence-electron chi connectivity index (χ2n) is 8.04. The number of carbonyl (C=O) groups is 2. The Morgan fingerprint density at radius 3 is 2.62 bits per heavy atom. The average molecular weight is 395 g/mol. The first kappa shape index (κ1) is 19.4. The number of furan rings is 1.